The number of carboxylic acid groups (broad SMARTS) is 2. The number of hydrogen-bond acceptors (Lipinski definition) is 4. The van der Waals surface area contributed by atoms with Crippen molar-refractivity contribution in [3.8, 4) is 0 Å². The monoisotopic (exact) mass is 406 g/mol. The topological polar surface area (TPSA) is 101 Å². The number of hydrogen-bond donors (Lipinski definition) is 2. The summed E-state index contributed by atoms with van der Waals surface area (Å²) in [4.78, 5) is 34.9. The molecule has 2 N–H and O–H groups in total. The maximum absolute atomic E-state index is 12.2. The Balaban J connectivity index is 2.47. The van der Waals surface area contributed by atoms with E-state index in [0.29, 0.717) is 6.42 Å². The summed E-state index contributed by atoms with van der Waals surface area (Å²) < 4.78 is 5.20. The number of carbonyl (C=O) groups is 3. The lowest BCUT2D eigenvalue weighted by molar-refractivity contribution is 0.0486. The molecule has 162 valence electrons. The molecular formula is C23H34O6. The number of benzene rings is 1. The molecule has 0 aromatic heterocycles. The molecular weight excluding hydrogens is 372 g/mol. The molecule has 0 aliphatic heterocycles. The van der Waals surface area contributed by atoms with Crippen LogP contribution in [-0.4, -0.2) is 34.7 Å². The van der Waals surface area contributed by atoms with Gasteiger partial charge in [0.25, 0.3) is 0 Å². The molecule has 0 fully saturated rings. The molecule has 1 aromatic rings. The van der Waals surface area contributed by atoms with Gasteiger partial charge in [-0.2, -0.15) is 0 Å². The normalized spacial score (nSPS) is 10.9. The maximum Gasteiger partial charge on any atom is 0.339 e. The Kier molecular flexibility index (Phi) is 11.7. The Bertz CT molecular complexity index is 659. The van der Waals surface area contributed by atoms with Gasteiger partial charge in [-0.25, -0.2) is 14.4 Å². The largest absolute Gasteiger partial charge is 0.478 e. The van der Waals surface area contributed by atoms with Gasteiger partial charge in [0.2, 0.25) is 0 Å². The summed E-state index contributed by atoms with van der Waals surface area (Å²) in [5, 5.41) is 18.4. The predicted molar refractivity (Wildman–Crippen MR) is 112 cm³/mol. The van der Waals surface area contributed by atoms with Crippen LogP contribution in [0.1, 0.15) is 109 Å². The summed E-state index contributed by atoms with van der Waals surface area (Å²) in [5.41, 5.74) is -1.17. The second kappa shape index (κ2) is 13.7. The van der Waals surface area contributed by atoms with E-state index in [4.69, 9.17) is 9.84 Å². The van der Waals surface area contributed by atoms with Gasteiger partial charge in [0.1, 0.15) is 0 Å². The zero-order chi connectivity index (χ0) is 21.6. The highest BCUT2D eigenvalue weighted by atomic mass is 16.5. The molecule has 0 saturated heterocycles. The van der Waals surface area contributed by atoms with Crippen LogP contribution >= 0.6 is 0 Å². The number of unbranched alkanes of at least 4 members (excludes halogenated alkanes) is 4. The first-order valence-electron chi connectivity index (χ1n) is 10.7. The minimum Gasteiger partial charge on any atom is -0.478 e. The van der Waals surface area contributed by atoms with Crippen LogP contribution in [0, 0.1) is 5.92 Å². The minimum atomic E-state index is -1.46. The van der Waals surface area contributed by atoms with Gasteiger partial charge >= 0.3 is 17.9 Å². The SMILES string of the molecule is CCCCC(CCCC)CCCCCOC(=O)c1cccc(C(=O)O)c1C(=O)O. The lowest BCUT2D eigenvalue weighted by atomic mass is 9.91. The van der Waals surface area contributed by atoms with Gasteiger partial charge in [0.05, 0.1) is 23.3 Å². The van der Waals surface area contributed by atoms with Gasteiger partial charge in [-0.3, -0.25) is 0 Å². The summed E-state index contributed by atoms with van der Waals surface area (Å²) in [6.07, 6.45) is 11.5. The zero-order valence-electron chi connectivity index (χ0n) is 17.6. The number of esters is 1. The van der Waals surface area contributed by atoms with E-state index in [-0.39, 0.29) is 12.2 Å². The van der Waals surface area contributed by atoms with Crippen molar-refractivity contribution in [2.75, 3.05) is 6.61 Å². The highest BCUT2D eigenvalue weighted by Crippen LogP contribution is 2.22. The third-order valence-corrected chi connectivity index (χ3v) is 5.15. The van der Waals surface area contributed by atoms with Crippen molar-refractivity contribution in [2.45, 2.75) is 78.1 Å². The Morgan fingerprint density at radius 3 is 1.97 bits per heavy atom. The average Bonchev–Trinajstić information content (AvgIpc) is 2.70. The highest BCUT2D eigenvalue weighted by Gasteiger charge is 2.24. The first kappa shape index (κ1) is 24.7. The van der Waals surface area contributed by atoms with E-state index < -0.39 is 29.0 Å². The van der Waals surface area contributed by atoms with Gasteiger partial charge < -0.3 is 14.9 Å². The smallest absolute Gasteiger partial charge is 0.339 e. The lowest BCUT2D eigenvalue weighted by Gasteiger charge is -2.16. The summed E-state index contributed by atoms with van der Waals surface area (Å²) in [6.45, 7) is 4.63. The third-order valence-electron chi connectivity index (χ3n) is 5.15. The van der Waals surface area contributed by atoms with Crippen LogP contribution in [0.15, 0.2) is 18.2 Å². The molecule has 0 radical (unpaired) electrons. The first-order chi connectivity index (χ1) is 13.9. The molecule has 0 saturated carbocycles. The standard InChI is InChI=1S/C23H34O6/c1-3-5-11-17(12-6-4-2)13-8-7-9-16-29-23(28)19-15-10-14-18(21(24)25)20(19)22(26)27/h10,14-15,17H,3-9,11-13,16H2,1-2H3,(H,24,25)(H,26,27). The number of ether oxygens (including phenoxy) is 1. The summed E-state index contributed by atoms with van der Waals surface area (Å²) >= 11 is 0. The lowest BCUT2D eigenvalue weighted by Crippen LogP contribution is -2.16. The minimum absolute atomic E-state index is 0.198. The number of rotatable bonds is 15. The van der Waals surface area contributed by atoms with Crippen molar-refractivity contribution in [2.24, 2.45) is 5.92 Å². The Morgan fingerprint density at radius 2 is 1.41 bits per heavy atom. The van der Waals surface area contributed by atoms with Gasteiger partial charge in [-0.05, 0) is 24.5 Å². The number of carboxylic acids is 2. The zero-order valence-corrected chi connectivity index (χ0v) is 17.6. The molecule has 0 aliphatic carbocycles. The summed E-state index contributed by atoms with van der Waals surface area (Å²) in [6, 6.07) is 3.79. The molecule has 0 spiro atoms. The molecule has 6 heteroatoms. The van der Waals surface area contributed by atoms with Crippen molar-refractivity contribution in [1.29, 1.82) is 0 Å². The van der Waals surface area contributed by atoms with Crippen molar-refractivity contribution in [3.05, 3.63) is 34.9 Å². The number of aromatic carboxylic acids is 2. The van der Waals surface area contributed by atoms with Crippen molar-refractivity contribution in [3.63, 3.8) is 0 Å². The van der Waals surface area contributed by atoms with Crippen LogP contribution in [0.25, 0.3) is 0 Å². The second-order valence-corrected chi connectivity index (χ2v) is 7.47. The predicted octanol–water partition coefficient (Wildman–Crippen LogP) is 5.80. The van der Waals surface area contributed by atoms with Crippen LogP contribution < -0.4 is 0 Å². The van der Waals surface area contributed by atoms with E-state index in [1.165, 1.54) is 57.1 Å². The quantitative estimate of drug-likeness (QED) is 0.282. The van der Waals surface area contributed by atoms with Gasteiger partial charge in [0.15, 0.2) is 0 Å². The van der Waals surface area contributed by atoms with Crippen molar-refractivity contribution < 1.29 is 29.3 Å². The van der Waals surface area contributed by atoms with Gasteiger partial charge in [0, 0.05) is 0 Å². The van der Waals surface area contributed by atoms with Crippen molar-refractivity contribution >= 4 is 17.9 Å². The highest BCUT2D eigenvalue weighted by molar-refractivity contribution is 6.09. The fourth-order valence-electron chi connectivity index (χ4n) is 3.50. The summed E-state index contributed by atoms with van der Waals surface area (Å²) in [5.74, 6) is -2.87. The molecule has 0 bridgehead atoms. The van der Waals surface area contributed by atoms with Crippen LogP contribution in [0.5, 0.6) is 0 Å². The molecule has 0 atom stereocenters. The Morgan fingerprint density at radius 1 is 0.828 bits per heavy atom. The van der Waals surface area contributed by atoms with E-state index in [1.807, 2.05) is 0 Å². The molecule has 29 heavy (non-hydrogen) atoms. The first-order valence-corrected chi connectivity index (χ1v) is 10.7. The molecule has 0 amide bonds. The van der Waals surface area contributed by atoms with E-state index in [9.17, 15) is 19.5 Å². The third kappa shape index (κ3) is 8.67. The average molecular weight is 407 g/mol. The molecule has 0 aliphatic rings. The van der Waals surface area contributed by atoms with Gasteiger partial charge in [-0.1, -0.05) is 77.7 Å². The van der Waals surface area contributed by atoms with E-state index in [0.717, 1.165) is 24.8 Å². The Labute approximate surface area is 173 Å². The van der Waals surface area contributed by atoms with Crippen LogP contribution in [0.3, 0.4) is 0 Å². The van der Waals surface area contributed by atoms with Crippen LogP contribution in [-0.2, 0) is 4.74 Å². The van der Waals surface area contributed by atoms with Crippen molar-refractivity contribution in [1.82, 2.24) is 0 Å². The van der Waals surface area contributed by atoms with E-state index in [2.05, 4.69) is 13.8 Å². The molecule has 0 unspecified atom stereocenters. The molecule has 0 heterocycles. The van der Waals surface area contributed by atoms with Gasteiger partial charge in [-0.15, -0.1) is 0 Å². The van der Waals surface area contributed by atoms with E-state index in [1.54, 1.807) is 0 Å². The molecule has 6 nitrogen and oxygen atoms in total. The molecule has 1 rings (SSSR count). The number of carbonyl (C=O) groups excluding carboxylic acids is 1. The Hall–Kier alpha value is -2.37. The summed E-state index contributed by atoms with van der Waals surface area (Å²) in [7, 11) is 0. The van der Waals surface area contributed by atoms with E-state index >= 15 is 0 Å². The van der Waals surface area contributed by atoms with Crippen LogP contribution in [0.2, 0.25) is 0 Å². The maximum atomic E-state index is 12.2. The fraction of sp³-hybridized carbons (Fsp3) is 0.609. The van der Waals surface area contributed by atoms with Crippen LogP contribution in [0.4, 0.5) is 0 Å². The second-order valence-electron chi connectivity index (χ2n) is 7.47. The molecule has 1 aromatic carbocycles. The fourth-order valence-corrected chi connectivity index (χ4v) is 3.50.